The van der Waals surface area contributed by atoms with Gasteiger partial charge in [0.25, 0.3) is 0 Å². The third-order valence-corrected chi connectivity index (χ3v) is 5.28. The molecule has 1 aromatic heterocycles. The molecule has 2 heterocycles. The largest absolute Gasteiger partial charge is 0.465 e. The lowest BCUT2D eigenvalue weighted by molar-refractivity contribution is -0.113. The second-order valence-corrected chi connectivity index (χ2v) is 5.79. The van der Waals surface area contributed by atoms with Crippen LogP contribution in [0.3, 0.4) is 0 Å². The maximum absolute atomic E-state index is 11.4. The Morgan fingerprint density at radius 2 is 2.33 bits per heavy atom. The van der Waals surface area contributed by atoms with E-state index in [-0.39, 0.29) is 5.91 Å². The van der Waals surface area contributed by atoms with E-state index in [1.54, 1.807) is 0 Å². The zero-order valence-electron chi connectivity index (χ0n) is 7.63. The zero-order chi connectivity index (χ0) is 11.0. The highest BCUT2D eigenvalue weighted by Crippen LogP contribution is 2.45. The first-order valence-corrected chi connectivity index (χ1v) is 6.56. The van der Waals surface area contributed by atoms with E-state index >= 15 is 0 Å². The summed E-state index contributed by atoms with van der Waals surface area (Å²) in [6, 6.07) is 0. The predicted octanol–water partition coefficient (Wildman–Crippen LogP) is 2.34. The molecule has 0 atom stereocenters. The van der Waals surface area contributed by atoms with Crippen molar-refractivity contribution in [1.29, 1.82) is 0 Å². The highest BCUT2D eigenvalue weighted by molar-refractivity contribution is 9.10. The van der Waals surface area contributed by atoms with Crippen molar-refractivity contribution in [3.63, 3.8) is 0 Å². The molecule has 2 rings (SSSR count). The van der Waals surface area contributed by atoms with Crippen LogP contribution in [0.1, 0.15) is 9.67 Å². The average molecular weight is 308 g/mol. The molecule has 7 heteroatoms. The van der Waals surface area contributed by atoms with Crippen molar-refractivity contribution < 1.29 is 14.3 Å². The minimum absolute atomic E-state index is 0.0533. The number of thiophene rings is 1. The molecule has 0 fully saturated rings. The molecular formula is C8H6BrNO3S2. The number of hydrogen-bond donors (Lipinski definition) is 1. The third-order valence-electron chi connectivity index (χ3n) is 1.79. The number of thioether (sulfide) groups is 1. The molecule has 0 bridgehead atoms. The number of nitrogens with one attached hydrogen (secondary N) is 1. The monoisotopic (exact) mass is 307 g/mol. The SMILES string of the molecule is COC(=O)c1sc2c(c1Br)NC(=O)CS2. The van der Waals surface area contributed by atoms with Crippen LogP contribution in [-0.4, -0.2) is 24.7 Å². The summed E-state index contributed by atoms with van der Waals surface area (Å²) in [5, 5.41) is 2.72. The number of esters is 1. The van der Waals surface area contributed by atoms with Gasteiger partial charge < -0.3 is 10.1 Å². The van der Waals surface area contributed by atoms with Crippen LogP contribution < -0.4 is 5.32 Å². The predicted molar refractivity (Wildman–Crippen MR) is 62.7 cm³/mol. The van der Waals surface area contributed by atoms with E-state index in [9.17, 15) is 9.59 Å². The Hall–Kier alpha value is -0.530. The van der Waals surface area contributed by atoms with Gasteiger partial charge in [-0.05, 0) is 15.9 Å². The van der Waals surface area contributed by atoms with Gasteiger partial charge in [-0.3, -0.25) is 4.79 Å². The van der Waals surface area contributed by atoms with Crippen LogP contribution in [0.5, 0.6) is 0 Å². The lowest BCUT2D eigenvalue weighted by atomic mass is 10.4. The Kier molecular flexibility index (Phi) is 3.03. The Balaban J connectivity index is 2.45. The molecule has 0 saturated heterocycles. The van der Waals surface area contributed by atoms with Crippen molar-refractivity contribution in [2.24, 2.45) is 0 Å². The molecule has 0 unspecified atom stereocenters. The summed E-state index contributed by atoms with van der Waals surface area (Å²) < 4.78 is 6.18. The molecule has 80 valence electrons. The lowest BCUT2D eigenvalue weighted by Crippen LogP contribution is -2.17. The summed E-state index contributed by atoms with van der Waals surface area (Å²) in [5.41, 5.74) is 0.682. The van der Waals surface area contributed by atoms with E-state index < -0.39 is 5.97 Å². The van der Waals surface area contributed by atoms with Crippen molar-refractivity contribution in [3.8, 4) is 0 Å². The molecule has 0 radical (unpaired) electrons. The van der Waals surface area contributed by atoms with E-state index in [2.05, 4.69) is 26.0 Å². The number of hydrogen-bond acceptors (Lipinski definition) is 5. The summed E-state index contributed by atoms with van der Waals surface area (Å²) >= 11 is 6.04. The second-order valence-electron chi connectivity index (χ2n) is 2.74. The molecule has 0 spiro atoms. The van der Waals surface area contributed by atoms with Crippen molar-refractivity contribution in [3.05, 3.63) is 9.35 Å². The quantitative estimate of drug-likeness (QED) is 0.809. The number of halogens is 1. The van der Waals surface area contributed by atoms with E-state index in [0.29, 0.717) is 20.8 Å². The Morgan fingerprint density at radius 1 is 1.60 bits per heavy atom. The van der Waals surface area contributed by atoms with Crippen molar-refractivity contribution in [1.82, 2.24) is 0 Å². The third kappa shape index (κ3) is 1.91. The summed E-state index contributed by atoms with van der Waals surface area (Å²) in [6.45, 7) is 0. The molecule has 1 aliphatic rings. The minimum Gasteiger partial charge on any atom is -0.465 e. The molecule has 0 aromatic carbocycles. The summed E-state index contributed by atoms with van der Waals surface area (Å²) in [4.78, 5) is 23.0. The molecule has 4 nitrogen and oxygen atoms in total. The van der Waals surface area contributed by atoms with Crippen molar-refractivity contribution in [2.45, 2.75) is 4.21 Å². The smallest absolute Gasteiger partial charge is 0.349 e. The molecule has 15 heavy (non-hydrogen) atoms. The first-order chi connectivity index (χ1) is 7.13. The number of ether oxygens (including phenoxy) is 1. The number of carbonyl (C=O) groups excluding carboxylic acids is 2. The number of methoxy groups -OCH3 is 1. The van der Waals surface area contributed by atoms with Gasteiger partial charge >= 0.3 is 5.97 Å². The van der Waals surface area contributed by atoms with Crippen LogP contribution >= 0.6 is 39.0 Å². The molecule has 1 aliphatic heterocycles. The summed E-state index contributed by atoms with van der Waals surface area (Å²) in [5.74, 6) is -0.0563. The van der Waals surface area contributed by atoms with Gasteiger partial charge in [-0.25, -0.2) is 4.79 Å². The van der Waals surface area contributed by atoms with Crippen LogP contribution in [0.15, 0.2) is 8.68 Å². The van der Waals surface area contributed by atoms with E-state index in [4.69, 9.17) is 0 Å². The lowest BCUT2D eigenvalue weighted by Gasteiger charge is -2.11. The Bertz CT molecular complexity index is 443. The number of fused-ring (bicyclic) bond motifs is 1. The van der Waals surface area contributed by atoms with Gasteiger partial charge in [0.2, 0.25) is 5.91 Å². The maximum Gasteiger partial charge on any atom is 0.349 e. The second kappa shape index (κ2) is 4.15. The fourth-order valence-corrected chi connectivity index (χ4v) is 4.19. The highest BCUT2D eigenvalue weighted by Gasteiger charge is 2.26. The summed E-state index contributed by atoms with van der Waals surface area (Å²) in [7, 11) is 1.33. The average Bonchev–Trinajstić information content (AvgIpc) is 2.55. The Labute approximate surface area is 103 Å². The molecule has 1 aromatic rings. The molecule has 1 amide bonds. The van der Waals surface area contributed by atoms with Gasteiger partial charge in [0.1, 0.15) is 4.88 Å². The van der Waals surface area contributed by atoms with Gasteiger partial charge in [0.05, 0.1) is 27.2 Å². The molecule has 0 saturated carbocycles. The van der Waals surface area contributed by atoms with E-state index in [1.807, 2.05) is 0 Å². The van der Waals surface area contributed by atoms with E-state index in [0.717, 1.165) is 4.21 Å². The van der Waals surface area contributed by atoms with Gasteiger partial charge in [-0.1, -0.05) is 0 Å². The number of rotatable bonds is 1. The Morgan fingerprint density at radius 3 is 3.00 bits per heavy atom. The van der Waals surface area contributed by atoms with Gasteiger partial charge in [0, 0.05) is 0 Å². The normalized spacial score (nSPS) is 14.4. The van der Waals surface area contributed by atoms with E-state index in [1.165, 1.54) is 30.2 Å². The van der Waals surface area contributed by atoms with Crippen LogP contribution in [0.2, 0.25) is 0 Å². The summed E-state index contributed by atoms with van der Waals surface area (Å²) in [6.07, 6.45) is 0. The fraction of sp³-hybridized carbons (Fsp3) is 0.250. The van der Waals surface area contributed by atoms with Gasteiger partial charge in [-0.15, -0.1) is 23.1 Å². The van der Waals surface area contributed by atoms with Crippen LogP contribution in [-0.2, 0) is 9.53 Å². The first kappa shape index (κ1) is 11.0. The van der Waals surface area contributed by atoms with Gasteiger partial charge in [0.15, 0.2) is 0 Å². The van der Waals surface area contributed by atoms with Crippen molar-refractivity contribution >= 4 is 56.6 Å². The number of amides is 1. The first-order valence-electron chi connectivity index (χ1n) is 3.96. The number of anilines is 1. The zero-order valence-corrected chi connectivity index (χ0v) is 10.8. The number of carbonyl (C=O) groups is 2. The molecular weight excluding hydrogens is 302 g/mol. The maximum atomic E-state index is 11.4. The van der Waals surface area contributed by atoms with Crippen LogP contribution in [0, 0.1) is 0 Å². The fourth-order valence-electron chi connectivity index (χ4n) is 1.13. The molecule has 0 aliphatic carbocycles. The van der Waals surface area contributed by atoms with Gasteiger partial charge in [-0.2, -0.15) is 0 Å². The van der Waals surface area contributed by atoms with Crippen LogP contribution in [0.4, 0.5) is 5.69 Å². The molecule has 1 N–H and O–H groups in total. The standard InChI is InChI=1S/C8H6BrNO3S2/c1-13-7(12)6-4(9)5-8(15-6)14-2-3(11)10-5/h2H2,1H3,(H,10,11). The topological polar surface area (TPSA) is 55.4 Å². The minimum atomic E-state index is -0.392. The van der Waals surface area contributed by atoms with Crippen molar-refractivity contribution in [2.75, 3.05) is 18.2 Å². The van der Waals surface area contributed by atoms with Crippen LogP contribution in [0.25, 0.3) is 0 Å². The highest BCUT2D eigenvalue weighted by atomic mass is 79.9.